The number of thioether (sulfide) groups is 1. The third-order valence-electron chi connectivity index (χ3n) is 4.59. The number of aliphatic carboxylic acids is 1. The number of carboxylic acid groups (broad SMARTS) is 1. The van der Waals surface area contributed by atoms with E-state index in [1.165, 1.54) is 11.8 Å². The monoisotopic (exact) mass is 362 g/mol. The van der Waals surface area contributed by atoms with Crippen molar-refractivity contribution in [1.29, 1.82) is 0 Å². The van der Waals surface area contributed by atoms with Gasteiger partial charge in [-0.3, -0.25) is 19.3 Å². The lowest BCUT2D eigenvalue weighted by Crippen LogP contribution is -2.74. The zero-order valence-corrected chi connectivity index (χ0v) is 13.7. The number of ether oxygens (including phenoxy) is 1. The van der Waals surface area contributed by atoms with Gasteiger partial charge in [-0.25, -0.2) is 4.79 Å². The Morgan fingerprint density at radius 2 is 2.04 bits per heavy atom. The van der Waals surface area contributed by atoms with E-state index in [-0.39, 0.29) is 18.7 Å². The van der Waals surface area contributed by atoms with Crippen LogP contribution in [0.25, 0.3) is 0 Å². The molecule has 0 aromatic heterocycles. The third kappa shape index (κ3) is 2.22. The van der Waals surface area contributed by atoms with Crippen LogP contribution in [-0.2, 0) is 30.3 Å². The molecule has 25 heavy (non-hydrogen) atoms. The average molecular weight is 362 g/mol. The van der Waals surface area contributed by atoms with Crippen molar-refractivity contribution in [3.05, 3.63) is 35.9 Å². The summed E-state index contributed by atoms with van der Waals surface area (Å²) >= 11 is 1.19. The normalized spacial score (nSPS) is 32.5. The molecule has 3 heterocycles. The number of nitrogens with one attached hydrogen (secondary N) is 1. The number of amides is 2. The summed E-state index contributed by atoms with van der Waals surface area (Å²) < 4.78 is 5.02. The second-order valence-electron chi connectivity index (χ2n) is 6.11. The van der Waals surface area contributed by atoms with Gasteiger partial charge in [0.05, 0.1) is 18.1 Å². The molecule has 0 unspecified atom stereocenters. The van der Waals surface area contributed by atoms with Crippen LogP contribution in [0, 0.1) is 0 Å². The highest BCUT2D eigenvalue weighted by Crippen LogP contribution is 2.55. The SMILES string of the molecule is O=C(Cc1ccccc1)N[C@@H]1C(=O)N2[C@@H]1S[C@@H]1CC(=O)O[C@@]12C(=O)O. The van der Waals surface area contributed by atoms with E-state index in [0.29, 0.717) is 0 Å². The van der Waals surface area contributed by atoms with Crippen LogP contribution in [0.3, 0.4) is 0 Å². The van der Waals surface area contributed by atoms with Gasteiger partial charge in [0.15, 0.2) is 0 Å². The second kappa shape index (κ2) is 5.48. The molecule has 3 aliphatic heterocycles. The summed E-state index contributed by atoms with van der Waals surface area (Å²) in [5.41, 5.74) is -1.13. The molecule has 3 saturated heterocycles. The Morgan fingerprint density at radius 1 is 1.32 bits per heavy atom. The Hall–Kier alpha value is -2.55. The van der Waals surface area contributed by atoms with Crippen LogP contribution in [0.5, 0.6) is 0 Å². The number of hydrogen-bond donors (Lipinski definition) is 2. The molecule has 2 amide bonds. The molecular weight excluding hydrogens is 348 g/mol. The van der Waals surface area contributed by atoms with Gasteiger partial charge in [-0.2, -0.15) is 0 Å². The number of carbonyl (C=O) groups is 4. The van der Waals surface area contributed by atoms with E-state index in [1.807, 2.05) is 30.3 Å². The molecular formula is C16H14N2O6S. The predicted octanol–water partition coefficient (Wildman–Crippen LogP) is -0.275. The maximum atomic E-state index is 12.4. The van der Waals surface area contributed by atoms with E-state index in [2.05, 4.69) is 5.32 Å². The van der Waals surface area contributed by atoms with Crippen molar-refractivity contribution in [2.24, 2.45) is 0 Å². The molecule has 9 heteroatoms. The first kappa shape index (κ1) is 15.9. The van der Waals surface area contributed by atoms with E-state index >= 15 is 0 Å². The van der Waals surface area contributed by atoms with Gasteiger partial charge in [-0.05, 0) is 5.56 Å². The van der Waals surface area contributed by atoms with Crippen molar-refractivity contribution in [3.8, 4) is 0 Å². The van der Waals surface area contributed by atoms with E-state index < -0.39 is 40.2 Å². The molecule has 3 aliphatic rings. The number of carbonyl (C=O) groups excluding carboxylic acids is 3. The first-order valence-corrected chi connectivity index (χ1v) is 8.65. The van der Waals surface area contributed by atoms with Crippen LogP contribution in [0.15, 0.2) is 30.3 Å². The minimum Gasteiger partial charge on any atom is -0.477 e. The molecule has 0 spiro atoms. The number of β-lactam (4-membered cyclic amide) rings is 1. The molecule has 0 saturated carbocycles. The van der Waals surface area contributed by atoms with Gasteiger partial charge in [0.25, 0.3) is 11.6 Å². The Morgan fingerprint density at radius 3 is 2.72 bits per heavy atom. The van der Waals surface area contributed by atoms with Crippen LogP contribution < -0.4 is 5.32 Å². The quantitative estimate of drug-likeness (QED) is 0.560. The number of fused-ring (bicyclic) bond motifs is 3. The van der Waals surface area contributed by atoms with Gasteiger partial charge >= 0.3 is 11.9 Å². The lowest BCUT2D eigenvalue weighted by molar-refractivity contribution is -0.204. The maximum Gasteiger partial charge on any atom is 0.371 e. The van der Waals surface area contributed by atoms with Gasteiger partial charge < -0.3 is 15.2 Å². The van der Waals surface area contributed by atoms with E-state index in [4.69, 9.17) is 4.74 Å². The Balaban J connectivity index is 1.48. The van der Waals surface area contributed by atoms with E-state index in [1.54, 1.807) is 0 Å². The fraction of sp³-hybridized carbons (Fsp3) is 0.375. The van der Waals surface area contributed by atoms with Crippen molar-refractivity contribution in [3.63, 3.8) is 0 Å². The Labute approximate surface area is 146 Å². The molecule has 0 radical (unpaired) electrons. The summed E-state index contributed by atoms with van der Waals surface area (Å²) in [7, 11) is 0. The third-order valence-corrected chi connectivity index (χ3v) is 6.17. The molecule has 0 bridgehead atoms. The van der Waals surface area contributed by atoms with Crippen LogP contribution in [0.4, 0.5) is 0 Å². The Kier molecular flexibility index (Phi) is 3.50. The van der Waals surface area contributed by atoms with Crippen molar-refractivity contribution in [2.45, 2.75) is 35.2 Å². The van der Waals surface area contributed by atoms with E-state index in [0.717, 1.165) is 10.5 Å². The highest BCUT2D eigenvalue weighted by molar-refractivity contribution is 8.01. The van der Waals surface area contributed by atoms with Crippen LogP contribution in [0.2, 0.25) is 0 Å². The second-order valence-corrected chi connectivity index (χ2v) is 7.44. The number of esters is 1. The smallest absolute Gasteiger partial charge is 0.371 e. The van der Waals surface area contributed by atoms with Crippen molar-refractivity contribution < 1.29 is 29.0 Å². The summed E-state index contributed by atoms with van der Waals surface area (Å²) in [5.74, 6) is -2.86. The van der Waals surface area contributed by atoms with Gasteiger partial charge in [0, 0.05) is 0 Å². The number of hydrogen-bond acceptors (Lipinski definition) is 6. The molecule has 4 atom stereocenters. The van der Waals surface area contributed by atoms with Crippen molar-refractivity contribution in [1.82, 2.24) is 10.2 Å². The van der Waals surface area contributed by atoms with Crippen LogP contribution in [-0.4, -0.2) is 56.2 Å². The summed E-state index contributed by atoms with van der Waals surface area (Å²) in [6.45, 7) is 0. The summed E-state index contributed by atoms with van der Waals surface area (Å²) in [6, 6.07) is 8.29. The van der Waals surface area contributed by atoms with Gasteiger partial charge in [0.2, 0.25) is 5.91 Å². The topological polar surface area (TPSA) is 113 Å². The molecule has 8 nitrogen and oxygen atoms in total. The van der Waals surface area contributed by atoms with Crippen LogP contribution in [0.1, 0.15) is 12.0 Å². The first-order chi connectivity index (χ1) is 11.9. The molecule has 1 aromatic rings. The lowest BCUT2D eigenvalue weighted by Gasteiger charge is -2.46. The zero-order valence-electron chi connectivity index (χ0n) is 12.9. The van der Waals surface area contributed by atoms with Gasteiger partial charge in [-0.1, -0.05) is 30.3 Å². The number of nitrogens with zero attached hydrogens (tertiary/aromatic N) is 1. The van der Waals surface area contributed by atoms with E-state index in [9.17, 15) is 24.3 Å². The average Bonchev–Trinajstić information content (AvgIpc) is 3.03. The molecule has 1 aromatic carbocycles. The maximum absolute atomic E-state index is 12.4. The zero-order chi connectivity index (χ0) is 17.8. The van der Waals surface area contributed by atoms with Gasteiger partial charge in [-0.15, -0.1) is 11.8 Å². The number of benzene rings is 1. The van der Waals surface area contributed by atoms with Gasteiger partial charge in [0.1, 0.15) is 11.4 Å². The molecule has 4 rings (SSSR count). The fourth-order valence-corrected chi connectivity index (χ4v) is 5.20. The predicted molar refractivity (Wildman–Crippen MR) is 85.2 cm³/mol. The lowest BCUT2D eigenvalue weighted by atomic mass is 9.98. The fourth-order valence-electron chi connectivity index (χ4n) is 3.46. The highest BCUT2D eigenvalue weighted by atomic mass is 32.2. The molecule has 0 aliphatic carbocycles. The number of carboxylic acids is 1. The van der Waals surface area contributed by atoms with Crippen molar-refractivity contribution in [2.75, 3.05) is 0 Å². The first-order valence-electron chi connectivity index (χ1n) is 7.70. The summed E-state index contributed by atoms with van der Waals surface area (Å²) in [6.07, 6.45) is 0.0619. The summed E-state index contributed by atoms with van der Waals surface area (Å²) in [4.78, 5) is 48.9. The highest BCUT2D eigenvalue weighted by Gasteiger charge is 2.74. The van der Waals surface area contributed by atoms with Crippen molar-refractivity contribution >= 4 is 35.5 Å². The standard InChI is InChI=1S/C16H14N2O6S/c19-10(6-8-4-2-1-3-5-8)17-12-13(21)18-14(12)25-9-7-11(20)24-16(9,18)15(22)23/h1-5,9,12,14H,6-7H2,(H,17,19)(H,22,23)/t9-,12-,14-,16-/m1/s1. The minimum absolute atomic E-state index is 0.0675. The molecule has 130 valence electrons. The van der Waals surface area contributed by atoms with Crippen LogP contribution >= 0.6 is 11.8 Å². The molecule has 3 fully saturated rings. The summed E-state index contributed by atoms with van der Waals surface area (Å²) in [5, 5.41) is 11.0. The number of rotatable bonds is 4. The Bertz CT molecular complexity index is 784. The largest absolute Gasteiger partial charge is 0.477 e. The molecule has 2 N–H and O–H groups in total. The minimum atomic E-state index is -1.94.